The summed E-state index contributed by atoms with van der Waals surface area (Å²) in [6.07, 6.45) is 0. The Bertz CT molecular complexity index is 1720. The fourth-order valence-electron chi connectivity index (χ4n) is 4.77. The normalized spacial score (nSPS) is 11.8. The molecular formula is C28H18N4. The Labute approximate surface area is 183 Å². The van der Waals surface area contributed by atoms with E-state index >= 15 is 0 Å². The fraction of sp³-hybridized carbons (Fsp3) is 0. The minimum Gasteiger partial charge on any atom is -0.309 e. The van der Waals surface area contributed by atoms with Crippen LogP contribution in [0.3, 0.4) is 0 Å². The molecular weight excluding hydrogens is 392 g/mol. The highest BCUT2D eigenvalue weighted by Crippen LogP contribution is 2.36. The summed E-state index contributed by atoms with van der Waals surface area (Å²) in [7, 11) is 0. The second-order valence-electron chi connectivity index (χ2n) is 8.00. The maximum absolute atomic E-state index is 4.86. The van der Waals surface area contributed by atoms with E-state index in [1.165, 1.54) is 21.8 Å². The van der Waals surface area contributed by atoms with Crippen LogP contribution in [0, 0.1) is 0 Å². The Morgan fingerprint density at radius 3 is 1.75 bits per heavy atom. The lowest BCUT2D eigenvalue weighted by molar-refractivity contribution is 0.766. The molecule has 32 heavy (non-hydrogen) atoms. The average molecular weight is 410 g/mol. The number of aromatic nitrogens is 4. The number of benzene rings is 5. The Hall–Kier alpha value is -4.44. The van der Waals surface area contributed by atoms with Gasteiger partial charge in [0.15, 0.2) is 0 Å². The van der Waals surface area contributed by atoms with E-state index in [1.54, 1.807) is 4.80 Å². The maximum atomic E-state index is 4.86. The molecule has 0 aliphatic rings. The first-order valence-electron chi connectivity index (χ1n) is 10.7. The third-order valence-electron chi connectivity index (χ3n) is 6.18. The van der Waals surface area contributed by atoms with Crippen molar-refractivity contribution < 1.29 is 0 Å². The van der Waals surface area contributed by atoms with Crippen LogP contribution in [-0.2, 0) is 0 Å². The zero-order valence-corrected chi connectivity index (χ0v) is 17.2. The van der Waals surface area contributed by atoms with Gasteiger partial charge in [0, 0.05) is 21.5 Å². The van der Waals surface area contributed by atoms with E-state index in [4.69, 9.17) is 10.2 Å². The number of para-hydroxylation sites is 3. The molecule has 7 aromatic rings. The quantitative estimate of drug-likeness (QED) is 0.319. The van der Waals surface area contributed by atoms with Crippen LogP contribution in [0.2, 0.25) is 0 Å². The van der Waals surface area contributed by atoms with Crippen LogP contribution in [0.15, 0.2) is 109 Å². The molecule has 4 heteroatoms. The van der Waals surface area contributed by atoms with Crippen LogP contribution in [0.1, 0.15) is 0 Å². The summed E-state index contributed by atoms with van der Waals surface area (Å²) in [6.45, 7) is 0. The van der Waals surface area contributed by atoms with Crippen LogP contribution in [0.5, 0.6) is 0 Å². The van der Waals surface area contributed by atoms with Gasteiger partial charge in [0.1, 0.15) is 11.0 Å². The van der Waals surface area contributed by atoms with Crippen molar-refractivity contribution in [2.75, 3.05) is 0 Å². The number of hydrogen-bond acceptors (Lipinski definition) is 2. The molecule has 0 aliphatic carbocycles. The molecule has 0 saturated heterocycles. The Balaban J connectivity index is 1.63. The van der Waals surface area contributed by atoms with Gasteiger partial charge < -0.3 is 4.57 Å². The summed E-state index contributed by atoms with van der Waals surface area (Å²) < 4.78 is 2.36. The third kappa shape index (κ3) is 2.38. The minimum atomic E-state index is 0.879. The molecule has 2 heterocycles. The molecule has 0 saturated carbocycles. The predicted octanol–water partition coefficient (Wildman–Crippen LogP) is 6.67. The molecule has 5 aromatic carbocycles. The van der Waals surface area contributed by atoms with Crippen molar-refractivity contribution in [2.45, 2.75) is 0 Å². The molecule has 0 aliphatic heterocycles. The van der Waals surface area contributed by atoms with E-state index in [0.717, 1.165) is 33.2 Å². The van der Waals surface area contributed by atoms with Gasteiger partial charge in [-0.3, -0.25) is 0 Å². The van der Waals surface area contributed by atoms with E-state index in [0.29, 0.717) is 0 Å². The fourth-order valence-corrected chi connectivity index (χ4v) is 4.77. The molecule has 0 N–H and O–H groups in total. The Kier molecular flexibility index (Phi) is 3.52. The second kappa shape index (κ2) is 6.53. The van der Waals surface area contributed by atoms with Crippen molar-refractivity contribution in [3.63, 3.8) is 0 Å². The van der Waals surface area contributed by atoms with Crippen molar-refractivity contribution in [3.8, 4) is 11.4 Å². The number of nitrogens with zero attached hydrogens (tertiary/aromatic N) is 4. The molecule has 0 atom stereocenters. The van der Waals surface area contributed by atoms with Crippen molar-refractivity contribution in [1.29, 1.82) is 0 Å². The maximum Gasteiger partial charge on any atom is 0.121 e. The van der Waals surface area contributed by atoms with Gasteiger partial charge in [0.2, 0.25) is 0 Å². The first-order valence-corrected chi connectivity index (χ1v) is 10.7. The highest BCUT2D eigenvalue weighted by Gasteiger charge is 2.17. The lowest BCUT2D eigenvalue weighted by Crippen LogP contribution is -1.97. The van der Waals surface area contributed by atoms with Gasteiger partial charge in [-0.2, -0.15) is 4.80 Å². The van der Waals surface area contributed by atoms with Gasteiger partial charge >= 0.3 is 0 Å². The summed E-state index contributed by atoms with van der Waals surface area (Å²) in [5.41, 5.74) is 6.23. The van der Waals surface area contributed by atoms with Gasteiger partial charge in [-0.05, 0) is 30.3 Å². The number of rotatable bonds is 2. The highest BCUT2D eigenvalue weighted by atomic mass is 15.5. The van der Waals surface area contributed by atoms with Crippen LogP contribution >= 0.6 is 0 Å². The van der Waals surface area contributed by atoms with E-state index < -0.39 is 0 Å². The van der Waals surface area contributed by atoms with E-state index in [-0.39, 0.29) is 0 Å². The summed E-state index contributed by atoms with van der Waals surface area (Å²) in [4.78, 5) is 1.73. The van der Waals surface area contributed by atoms with Crippen LogP contribution in [-0.4, -0.2) is 19.6 Å². The average Bonchev–Trinajstić information content (AvgIpc) is 3.44. The summed E-state index contributed by atoms with van der Waals surface area (Å²) in [5.74, 6) is 0. The third-order valence-corrected chi connectivity index (χ3v) is 6.18. The summed E-state index contributed by atoms with van der Waals surface area (Å²) >= 11 is 0. The SMILES string of the molecule is c1ccc(-n2nc3cc(-n4c5ccccc5c5ccccc54)c4ccccc4c3n2)cc1. The predicted molar refractivity (Wildman–Crippen MR) is 131 cm³/mol. The highest BCUT2D eigenvalue weighted by molar-refractivity contribution is 6.13. The molecule has 2 aromatic heterocycles. The molecule has 0 amide bonds. The van der Waals surface area contributed by atoms with Gasteiger partial charge in [0.05, 0.1) is 22.4 Å². The van der Waals surface area contributed by atoms with E-state index in [2.05, 4.69) is 83.4 Å². The Morgan fingerprint density at radius 1 is 0.500 bits per heavy atom. The molecule has 7 rings (SSSR count). The first-order chi connectivity index (χ1) is 15.9. The van der Waals surface area contributed by atoms with Gasteiger partial charge in [-0.25, -0.2) is 0 Å². The number of hydrogen-bond donors (Lipinski definition) is 0. The van der Waals surface area contributed by atoms with Gasteiger partial charge in [-0.1, -0.05) is 78.9 Å². The van der Waals surface area contributed by atoms with Crippen molar-refractivity contribution >= 4 is 43.6 Å². The Morgan fingerprint density at radius 2 is 1.06 bits per heavy atom. The lowest BCUT2D eigenvalue weighted by Gasteiger charge is -2.11. The van der Waals surface area contributed by atoms with Crippen molar-refractivity contribution in [1.82, 2.24) is 19.6 Å². The summed E-state index contributed by atoms with van der Waals surface area (Å²) in [5, 5.41) is 14.5. The van der Waals surface area contributed by atoms with Crippen LogP contribution in [0.25, 0.3) is 55.0 Å². The largest absolute Gasteiger partial charge is 0.309 e. The first kappa shape index (κ1) is 17.3. The van der Waals surface area contributed by atoms with Gasteiger partial charge in [-0.15, -0.1) is 10.2 Å². The standard InChI is InChI=1S/C28H18N4/c1-2-10-19(11-3-1)32-29-24-18-27(22-14-4-5-15-23(22)28(24)30-32)31-25-16-8-6-12-20(25)21-13-7-9-17-26(21)31/h1-18H. The van der Waals surface area contributed by atoms with Crippen molar-refractivity contribution in [3.05, 3.63) is 109 Å². The topological polar surface area (TPSA) is 35.6 Å². The van der Waals surface area contributed by atoms with E-state index in [1.807, 2.05) is 30.3 Å². The molecule has 0 radical (unpaired) electrons. The molecule has 0 spiro atoms. The zero-order chi connectivity index (χ0) is 21.1. The van der Waals surface area contributed by atoms with Crippen LogP contribution < -0.4 is 0 Å². The monoisotopic (exact) mass is 410 g/mol. The summed E-state index contributed by atoms with van der Waals surface area (Å²) in [6, 6.07) is 37.9. The second-order valence-corrected chi connectivity index (χ2v) is 8.00. The van der Waals surface area contributed by atoms with Crippen molar-refractivity contribution in [2.24, 2.45) is 0 Å². The smallest absolute Gasteiger partial charge is 0.121 e. The molecule has 4 nitrogen and oxygen atoms in total. The van der Waals surface area contributed by atoms with E-state index in [9.17, 15) is 0 Å². The molecule has 150 valence electrons. The van der Waals surface area contributed by atoms with Crippen LogP contribution in [0.4, 0.5) is 0 Å². The molecule has 0 bridgehead atoms. The minimum absolute atomic E-state index is 0.879. The van der Waals surface area contributed by atoms with Gasteiger partial charge in [0.25, 0.3) is 0 Å². The molecule has 0 fully saturated rings. The molecule has 0 unspecified atom stereocenters. The zero-order valence-electron chi connectivity index (χ0n) is 17.2. The lowest BCUT2D eigenvalue weighted by atomic mass is 10.1. The number of fused-ring (bicyclic) bond motifs is 6.